The number of fused-ring (bicyclic) bond motifs is 1. The molecule has 0 spiro atoms. The van der Waals surface area contributed by atoms with Crippen molar-refractivity contribution in [2.45, 2.75) is 49.1 Å². The van der Waals surface area contributed by atoms with Gasteiger partial charge >= 0.3 is 5.97 Å². The Labute approximate surface area is 189 Å². The summed E-state index contributed by atoms with van der Waals surface area (Å²) < 4.78 is 5.00. The van der Waals surface area contributed by atoms with Crippen LogP contribution in [0.25, 0.3) is 0 Å². The summed E-state index contributed by atoms with van der Waals surface area (Å²) in [6, 6.07) is 14.7. The second-order valence-electron chi connectivity index (χ2n) is 8.54. The number of thioether (sulfide) groups is 1. The van der Waals surface area contributed by atoms with Crippen LogP contribution in [-0.4, -0.2) is 49.6 Å². The molecule has 1 amide bonds. The second-order valence-corrected chi connectivity index (χ2v) is 10.3. The molecule has 166 valence electrons. The lowest BCUT2D eigenvalue weighted by Crippen LogP contribution is -2.71. The van der Waals surface area contributed by atoms with Crippen LogP contribution >= 0.6 is 11.8 Å². The van der Waals surface area contributed by atoms with Gasteiger partial charge in [0.15, 0.2) is 5.54 Å². The highest BCUT2D eigenvalue weighted by atomic mass is 32.2. The highest BCUT2D eigenvalue weighted by Gasteiger charge is 2.69. The van der Waals surface area contributed by atoms with Crippen molar-refractivity contribution in [1.29, 1.82) is 0 Å². The number of hydrogen-bond donors (Lipinski definition) is 0. The lowest BCUT2D eigenvalue weighted by Gasteiger charge is -2.49. The molecule has 2 aliphatic rings. The highest BCUT2D eigenvalue weighted by molar-refractivity contribution is 8.01. The van der Waals surface area contributed by atoms with E-state index in [1.54, 1.807) is 30.2 Å². The van der Waals surface area contributed by atoms with Gasteiger partial charge in [0.2, 0.25) is 0 Å². The molecule has 0 bridgehead atoms. The second kappa shape index (κ2) is 8.05. The van der Waals surface area contributed by atoms with Crippen LogP contribution in [0.5, 0.6) is 0 Å². The van der Waals surface area contributed by atoms with Crippen LogP contribution in [-0.2, 0) is 20.9 Å². The number of carbonyl (C=O) groups is 2. The summed E-state index contributed by atoms with van der Waals surface area (Å²) in [6.07, 6.45) is 1.55. The van der Waals surface area contributed by atoms with Gasteiger partial charge in [-0.25, -0.2) is 4.79 Å². The van der Waals surface area contributed by atoms with Crippen molar-refractivity contribution in [2.24, 2.45) is 4.99 Å². The van der Waals surface area contributed by atoms with Gasteiger partial charge < -0.3 is 9.64 Å². The molecular formula is C23H23N3O5S. The van der Waals surface area contributed by atoms with E-state index in [-0.39, 0.29) is 23.6 Å². The maximum Gasteiger partial charge on any atom is 0.330 e. The van der Waals surface area contributed by atoms with Crippen molar-refractivity contribution in [3.05, 3.63) is 75.8 Å². The molecule has 2 heterocycles. The fourth-order valence-corrected chi connectivity index (χ4v) is 5.64. The third-order valence-corrected chi connectivity index (χ3v) is 7.53. The van der Waals surface area contributed by atoms with E-state index in [2.05, 4.69) is 4.99 Å². The van der Waals surface area contributed by atoms with Gasteiger partial charge in [-0.05, 0) is 44.0 Å². The summed E-state index contributed by atoms with van der Waals surface area (Å²) in [5.41, 5.74) is 0.514. The number of amides is 1. The summed E-state index contributed by atoms with van der Waals surface area (Å²) >= 11 is 1.53. The standard InChI is InChI=1S/C23H23N3O5S/c1-22(2)18(19(27)31-14-16-7-5-4-6-8-16)25-20(28)23(3,21(25)32-22)24-13-15-9-11-17(12-10-15)26(29)30/h4-13,18,21H,14H2,1-3H3/b24-13+/t18-,21+,23+/m0/s1. The summed E-state index contributed by atoms with van der Waals surface area (Å²) in [6.45, 7) is 5.76. The monoisotopic (exact) mass is 453 g/mol. The van der Waals surface area contributed by atoms with Crippen LogP contribution in [0.4, 0.5) is 5.69 Å². The van der Waals surface area contributed by atoms with Gasteiger partial charge in [-0.1, -0.05) is 30.3 Å². The zero-order chi connectivity index (χ0) is 23.1. The first-order valence-electron chi connectivity index (χ1n) is 10.1. The SMILES string of the molecule is CC1(C)S[C@H]2N(C(=O)[C@@]2(C)/N=C/c2ccc([N+](=O)[O-])cc2)[C@H]1C(=O)OCc1ccccc1. The first-order valence-corrected chi connectivity index (χ1v) is 11.0. The molecule has 0 unspecified atom stereocenters. The molecule has 2 saturated heterocycles. The van der Waals surface area contributed by atoms with E-state index in [1.807, 2.05) is 44.2 Å². The summed E-state index contributed by atoms with van der Waals surface area (Å²) in [7, 11) is 0. The van der Waals surface area contributed by atoms with Crippen LogP contribution < -0.4 is 0 Å². The van der Waals surface area contributed by atoms with Crippen LogP contribution in [0.2, 0.25) is 0 Å². The Morgan fingerprint density at radius 3 is 2.47 bits per heavy atom. The number of nitro groups is 1. The number of hydrogen-bond acceptors (Lipinski definition) is 7. The number of benzene rings is 2. The predicted molar refractivity (Wildman–Crippen MR) is 121 cm³/mol. The zero-order valence-electron chi connectivity index (χ0n) is 17.9. The van der Waals surface area contributed by atoms with E-state index in [1.165, 1.54) is 23.9 Å². The molecule has 0 radical (unpaired) electrons. The average molecular weight is 454 g/mol. The van der Waals surface area contributed by atoms with Crippen molar-refractivity contribution in [1.82, 2.24) is 4.90 Å². The van der Waals surface area contributed by atoms with Gasteiger partial charge in [0.05, 0.1) is 4.92 Å². The quantitative estimate of drug-likeness (QED) is 0.218. The maximum absolute atomic E-state index is 13.1. The molecule has 2 aromatic rings. The van der Waals surface area contributed by atoms with Gasteiger partial charge in [-0.2, -0.15) is 0 Å². The topological polar surface area (TPSA) is 102 Å². The Hall–Kier alpha value is -3.20. The molecule has 0 saturated carbocycles. The lowest BCUT2D eigenvalue weighted by molar-refractivity contribution is -0.384. The minimum Gasteiger partial charge on any atom is -0.459 e. The number of ether oxygens (including phenoxy) is 1. The van der Waals surface area contributed by atoms with E-state index < -0.39 is 27.2 Å². The average Bonchev–Trinajstić information content (AvgIpc) is 3.06. The summed E-state index contributed by atoms with van der Waals surface area (Å²) in [4.78, 5) is 42.5. The minimum atomic E-state index is -1.02. The largest absolute Gasteiger partial charge is 0.459 e. The summed E-state index contributed by atoms with van der Waals surface area (Å²) in [5, 5.41) is 10.5. The number of carbonyl (C=O) groups excluding carboxylic acids is 2. The predicted octanol–water partition coefficient (Wildman–Crippen LogP) is 3.58. The molecule has 2 aliphatic heterocycles. The molecule has 0 aromatic heterocycles. The maximum atomic E-state index is 13.1. The third kappa shape index (κ3) is 3.77. The van der Waals surface area contributed by atoms with E-state index >= 15 is 0 Å². The van der Waals surface area contributed by atoms with Crippen LogP contribution in [0.15, 0.2) is 59.6 Å². The Kier molecular flexibility index (Phi) is 5.54. The van der Waals surface area contributed by atoms with Gasteiger partial charge in [0.1, 0.15) is 18.0 Å². The number of aliphatic imine (C=N–C) groups is 1. The van der Waals surface area contributed by atoms with Crippen LogP contribution in [0.1, 0.15) is 31.9 Å². The normalized spacial score (nSPS) is 26.0. The third-order valence-electron chi connectivity index (χ3n) is 5.79. The molecule has 9 heteroatoms. The molecule has 0 N–H and O–H groups in total. The van der Waals surface area contributed by atoms with E-state index in [9.17, 15) is 19.7 Å². The van der Waals surface area contributed by atoms with Crippen LogP contribution in [0.3, 0.4) is 0 Å². The molecular weight excluding hydrogens is 430 g/mol. The van der Waals surface area contributed by atoms with Gasteiger partial charge in [0.25, 0.3) is 11.6 Å². The number of esters is 1. The smallest absolute Gasteiger partial charge is 0.330 e. The molecule has 8 nitrogen and oxygen atoms in total. The van der Waals surface area contributed by atoms with E-state index in [0.29, 0.717) is 5.56 Å². The van der Waals surface area contributed by atoms with E-state index in [0.717, 1.165) is 5.56 Å². The minimum absolute atomic E-state index is 0.00999. The Morgan fingerprint density at radius 1 is 1.19 bits per heavy atom. The fraction of sp³-hybridized carbons (Fsp3) is 0.348. The number of nitro benzene ring substituents is 1. The molecule has 3 atom stereocenters. The van der Waals surface area contributed by atoms with E-state index in [4.69, 9.17) is 4.74 Å². The number of non-ortho nitro benzene ring substituents is 1. The number of nitrogens with zero attached hydrogens (tertiary/aromatic N) is 3. The number of β-lactam (4-membered cyclic amide) rings is 1. The molecule has 0 aliphatic carbocycles. The van der Waals surface area contributed by atoms with Gasteiger partial charge in [0, 0.05) is 23.1 Å². The first-order chi connectivity index (χ1) is 15.1. The van der Waals surface area contributed by atoms with Crippen molar-refractivity contribution in [2.75, 3.05) is 0 Å². The Balaban J connectivity index is 1.48. The van der Waals surface area contributed by atoms with Gasteiger partial charge in [-0.3, -0.25) is 19.9 Å². The van der Waals surface area contributed by atoms with Gasteiger partial charge in [-0.15, -0.1) is 11.8 Å². The van der Waals surface area contributed by atoms with Crippen LogP contribution in [0, 0.1) is 10.1 Å². The molecule has 2 aromatic carbocycles. The number of rotatable bonds is 6. The van der Waals surface area contributed by atoms with Crippen molar-refractivity contribution in [3.63, 3.8) is 0 Å². The molecule has 4 rings (SSSR count). The van der Waals surface area contributed by atoms with Crippen molar-refractivity contribution in [3.8, 4) is 0 Å². The highest BCUT2D eigenvalue weighted by Crippen LogP contribution is 2.56. The first kappa shape index (κ1) is 22.0. The zero-order valence-corrected chi connectivity index (χ0v) is 18.7. The molecule has 2 fully saturated rings. The van der Waals surface area contributed by atoms with Crippen molar-refractivity contribution < 1.29 is 19.2 Å². The lowest BCUT2D eigenvalue weighted by atomic mass is 9.87. The Bertz CT molecular complexity index is 1090. The Morgan fingerprint density at radius 2 is 1.84 bits per heavy atom. The summed E-state index contributed by atoms with van der Waals surface area (Å²) in [5.74, 6) is -0.663. The molecule has 32 heavy (non-hydrogen) atoms. The fourth-order valence-electron chi connectivity index (χ4n) is 4.00. The van der Waals surface area contributed by atoms with Crippen molar-refractivity contribution >= 4 is 35.5 Å².